The van der Waals surface area contributed by atoms with Crippen molar-refractivity contribution in [2.45, 2.75) is 123 Å². The van der Waals surface area contributed by atoms with E-state index in [1.807, 2.05) is 20.8 Å². The molecule has 0 aromatic rings. The second-order valence-electron chi connectivity index (χ2n) is 11.1. The molecule has 0 saturated carbocycles. The third-order valence-electron chi connectivity index (χ3n) is 5.50. The van der Waals surface area contributed by atoms with Crippen molar-refractivity contribution in [2.24, 2.45) is 5.41 Å². The third kappa shape index (κ3) is 5.40. The lowest BCUT2D eigenvalue weighted by atomic mass is 9.85. The number of hydrogen-bond acceptors (Lipinski definition) is 4. The predicted octanol–water partition coefficient (Wildman–Crippen LogP) is 5.37. The Bertz CT molecular complexity index is 468. The van der Waals surface area contributed by atoms with Gasteiger partial charge in [0.25, 0.3) is 0 Å². The van der Waals surface area contributed by atoms with Crippen LogP contribution in [0.25, 0.3) is 0 Å². The van der Waals surface area contributed by atoms with Crippen LogP contribution in [-0.4, -0.2) is 37.8 Å². The van der Waals surface area contributed by atoms with E-state index in [4.69, 9.17) is 8.85 Å². The van der Waals surface area contributed by atoms with Crippen molar-refractivity contribution in [3.8, 4) is 0 Å². The highest BCUT2D eigenvalue weighted by Crippen LogP contribution is 2.55. The zero-order valence-electron chi connectivity index (χ0n) is 18.7. The van der Waals surface area contributed by atoms with Gasteiger partial charge in [0.15, 0.2) is 0 Å². The van der Waals surface area contributed by atoms with Crippen LogP contribution in [0, 0.1) is 5.41 Å². The molecule has 154 valence electrons. The molecule has 26 heavy (non-hydrogen) atoms. The van der Waals surface area contributed by atoms with Crippen LogP contribution in [-0.2, 0) is 13.6 Å². The molecule has 4 nitrogen and oxygen atoms in total. The minimum Gasteiger partial charge on any atom is -0.392 e. The van der Waals surface area contributed by atoms with E-state index in [0.717, 1.165) is 12.8 Å². The van der Waals surface area contributed by atoms with Crippen LogP contribution >= 0.6 is 0 Å². The van der Waals surface area contributed by atoms with Gasteiger partial charge in [0.2, 0.25) is 0 Å². The Kier molecular flexibility index (Phi) is 7.34. The number of hydrogen-bond donors (Lipinski definition) is 1. The maximum absolute atomic E-state index is 12.6. The maximum Gasteiger partial charge on any atom is 0.349 e. The molecular weight excluding hydrogens is 344 g/mol. The summed E-state index contributed by atoms with van der Waals surface area (Å²) < 4.78 is 13.3. The largest absolute Gasteiger partial charge is 0.392 e. The lowest BCUT2D eigenvalue weighted by molar-refractivity contribution is -0.126. The van der Waals surface area contributed by atoms with Crippen LogP contribution in [0.5, 0.6) is 0 Å². The molecule has 1 N–H and O–H groups in total. The average molecular weight is 387 g/mol. The molecular formula is C21H42O4Si. The van der Waals surface area contributed by atoms with Crippen LogP contribution in [0.4, 0.5) is 0 Å². The Morgan fingerprint density at radius 1 is 1.00 bits per heavy atom. The first-order chi connectivity index (χ1) is 11.5. The second kappa shape index (κ2) is 8.02. The van der Waals surface area contributed by atoms with E-state index in [2.05, 4.69) is 48.5 Å². The van der Waals surface area contributed by atoms with Gasteiger partial charge >= 0.3 is 8.56 Å². The molecule has 1 fully saturated rings. The Hall–Kier alpha value is -0.233. The highest BCUT2D eigenvalue weighted by atomic mass is 28.4. The van der Waals surface area contributed by atoms with Gasteiger partial charge < -0.3 is 14.0 Å². The number of carbonyl (C=O) groups is 1. The minimum atomic E-state index is -2.59. The predicted molar refractivity (Wildman–Crippen MR) is 110 cm³/mol. The number of Topliss-reactive ketones (excluding diaryl/α,β-unsaturated/α-hetero) is 1. The van der Waals surface area contributed by atoms with Gasteiger partial charge in [-0.3, -0.25) is 4.79 Å². The fourth-order valence-electron chi connectivity index (χ4n) is 3.95. The molecule has 0 unspecified atom stereocenters. The van der Waals surface area contributed by atoms with E-state index >= 15 is 0 Å². The molecule has 0 aromatic carbocycles. The summed E-state index contributed by atoms with van der Waals surface area (Å²) in [6.07, 6.45) is 1.66. The van der Waals surface area contributed by atoms with Crippen LogP contribution < -0.4 is 0 Å². The van der Waals surface area contributed by atoms with Gasteiger partial charge in [-0.1, -0.05) is 69.2 Å². The fraction of sp³-hybridized carbons (Fsp3) is 0.952. The van der Waals surface area contributed by atoms with Gasteiger partial charge in [0.05, 0.1) is 12.2 Å². The molecule has 1 heterocycles. The number of ketones is 1. The molecule has 0 bridgehead atoms. The van der Waals surface area contributed by atoms with Gasteiger partial charge in [-0.05, 0) is 18.3 Å². The minimum absolute atomic E-state index is 0.0832. The van der Waals surface area contributed by atoms with Gasteiger partial charge in [0.1, 0.15) is 5.78 Å². The molecule has 5 heteroatoms. The Morgan fingerprint density at radius 2 is 1.46 bits per heavy atom. The fourth-order valence-corrected chi connectivity index (χ4v) is 9.05. The zero-order valence-corrected chi connectivity index (χ0v) is 19.7. The van der Waals surface area contributed by atoms with Gasteiger partial charge in [-0.15, -0.1) is 0 Å². The second-order valence-corrected chi connectivity index (χ2v) is 15.8. The van der Waals surface area contributed by atoms with Crippen LogP contribution in [0.2, 0.25) is 10.1 Å². The lowest BCUT2D eigenvalue weighted by Crippen LogP contribution is -2.63. The van der Waals surface area contributed by atoms with E-state index in [9.17, 15) is 9.90 Å². The Balaban J connectivity index is 3.01. The van der Waals surface area contributed by atoms with Crippen molar-refractivity contribution in [3.05, 3.63) is 0 Å². The van der Waals surface area contributed by atoms with Crippen molar-refractivity contribution in [1.82, 2.24) is 0 Å². The summed E-state index contributed by atoms with van der Waals surface area (Å²) in [5, 5.41) is 10.1. The Labute approximate surface area is 162 Å². The number of aliphatic hydroxyl groups is 1. The monoisotopic (exact) mass is 386 g/mol. The topological polar surface area (TPSA) is 55.8 Å². The summed E-state index contributed by atoms with van der Waals surface area (Å²) >= 11 is 0. The van der Waals surface area contributed by atoms with E-state index < -0.39 is 14.7 Å². The van der Waals surface area contributed by atoms with Crippen LogP contribution in [0.15, 0.2) is 0 Å². The molecule has 0 amide bonds. The van der Waals surface area contributed by atoms with Crippen molar-refractivity contribution >= 4 is 14.3 Å². The average Bonchev–Trinajstić information content (AvgIpc) is 2.43. The highest BCUT2D eigenvalue weighted by Gasteiger charge is 2.61. The van der Waals surface area contributed by atoms with Crippen molar-refractivity contribution in [1.29, 1.82) is 0 Å². The summed E-state index contributed by atoms with van der Waals surface area (Å²) in [5.74, 6) is 0.0832. The SMILES string of the molecule is CC[C@@H]1C[C@@H](CC(=O)C[C@@H](O)C(C)(C)C)O[Si](C(C)(C)C)(C(C)(C)C)O1. The Morgan fingerprint density at radius 3 is 1.85 bits per heavy atom. The normalized spacial score (nSPS) is 25.8. The first-order valence-electron chi connectivity index (χ1n) is 10.1. The van der Waals surface area contributed by atoms with Gasteiger partial charge in [-0.25, -0.2) is 0 Å². The van der Waals surface area contributed by atoms with Gasteiger partial charge in [-0.2, -0.15) is 0 Å². The molecule has 1 aliphatic heterocycles. The first kappa shape index (κ1) is 23.8. The number of rotatable bonds is 5. The van der Waals surface area contributed by atoms with Crippen LogP contribution in [0.3, 0.4) is 0 Å². The molecule has 0 radical (unpaired) electrons. The summed E-state index contributed by atoms with van der Waals surface area (Å²) in [4.78, 5) is 12.6. The smallest absolute Gasteiger partial charge is 0.349 e. The van der Waals surface area contributed by atoms with E-state index in [0.29, 0.717) is 6.42 Å². The van der Waals surface area contributed by atoms with Crippen molar-refractivity contribution in [3.63, 3.8) is 0 Å². The standard InChI is InChI=1S/C21H42O4Si/c1-11-16-14-17(12-15(22)13-18(23)19(2,3)4)25-26(24-16,20(5,6)7)21(8,9)10/h16-18,23H,11-14H2,1-10H3/t16-,17-,18-/m1/s1. The number of carbonyl (C=O) groups excluding carboxylic acids is 1. The summed E-state index contributed by atoms with van der Waals surface area (Å²) in [7, 11) is -2.59. The van der Waals surface area contributed by atoms with E-state index in [1.54, 1.807) is 0 Å². The molecule has 0 aliphatic carbocycles. The molecule has 1 rings (SSSR count). The first-order valence-corrected chi connectivity index (χ1v) is 11.9. The zero-order chi connectivity index (χ0) is 20.6. The third-order valence-corrected chi connectivity index (χ3v) is 10.8. The molecule has 3 atom stereocenters. The summed E-state index contributed by atoms with van der Waals surface area (Å²) in [6, 6.07) is 0. The van der Waals surface area contributed by atoms with E-state index in [1.165, 1.54) is 0 Å². The number of aliphatic hydroxyl groups excluding tert-OH is 1. The summed E-state index contributed by atoms with van der Waals surface area (Å²) in [6.45, 7) is 21.2. The van der Waals surface area contributed by atoms with Crippen molar-refractivity contribution < 1.29 is 18.8 Å². The molecule has 1 saturated heterocycles. The molecule has 0 spiro atoms. The quantitative estimate of drug-likeness (QED) is 0.645. The highest BCUT2D eigenvalue weighted by molar-refractivity contribution is 6.73. The molecule has 0 aromatic heterocycles. The van der Waals surface area contributed by atoms with Crippen molar-refractivity contribution in [2.75, 3.05) is 0 Å². The maximum atomic E-state index is 12.6. The van der Waals surface area contributed by atoms with E-state index in [-0.39, 0.29) is 39.9 Å². The molecule has 1 aliphatic rings. The summed E-state index contributed by atoms with van der Waals surface area (Å²) in [5.41, 5.74) is -0.284. The van der Waals surface area contributed by atoms with Crippen LogP contribution in [0.1, 0.15) is 94.9 Å². The van der Waals surface area contributed by atoms with Gasteiger partial charge in [0, 0.05) is 29.0 Å². The lowest BCUT2D eigenvalue weighted by Gasteiger charge is -2.55.